The Morgan fingerprint density at radius 1 is 0.939 bits per heavy atom. The lowest BCUT2D eigenvalue weighted by Gasteiger charge is -2.06. The maximum atomic E-state index is 14.1. The summed E-state index contributed by atoms with van der Waals surface area (Å²) in [5, 5.41) is 8.24. The summed E-state index contributed by atoms with van der Waals surface area (Å²) >= 11 is 0. The second-order valence-corrected chi connectivity index (χ2v) is 7.30. The lowest BCUT2D eigenvalue weighted by Crippen LogP contribution is -1.89. The third kappa shape index (κ3) is 3.24. The van der Waals surface area contributed by atoms with E-state index in [2.05, 4.69) is 40.1 Å². The summed E-state index contributed by atoms with van der Waals surface area (Å²) in [7, 11) is 1.50. The molecule has 9 nitrogen and oxygen atoms in total. The molecule has 2 N–H and O–H groups in total. The maximum absolute atomic E-state index is 14.1. The Balaban J connectivity index is 1.50. The Bertz CT molecular complexity index is 1630. The number of fused-ring (bicyclic) bond motifs is 2. The van der Waals surface area contributed by atoms with Gasteiger partial charge in [-0.3, -0.25) is 20.1 Å². The number of H-pyrrole nitrogens is 2. The minimum atomic E-state index is -0.392. The molecule has 0 spiro atoms. The molecule has 0 aliphatic rings. The predicted octanol–water partition coefficient (Wildman–Crippen LogP) is 4.17. The molecule has 6 aromatic rings. The summed E-state index contributed by atoms with van der Waals surface area (Å²) in [6.07, 6.45) is 8.21. The first-order chi connectivity index (χ1) is 16.2. The quantitative estimate of drug-likeness (QED) is 0.424. The van der Waals surface area contributed by atoms with Crippen molar-refractivity contribution in [1.82, 2.24) is 40.1 Å². The molecule has 5 heterocycles. The lowest BCUT2D eigenvalue weighted by atomic mass is 10.1. The molecule has 0 fully saturated rings. The molecule has 10 heteroatoms. The maximum Gasteiger partial charge on any atom is 0.178 e. The van der Waals surface area contributed by atoms with Crippen LogP contribution in [0.25, 0.3) is 56.1 Å². The minimum absolute atomic E-state index is 0.392. The van der Waals surface area contributed by atoms with E-state index >= 15 is 0 Å². The highest BCUT2D eigenvalue weighted by atomic mass is 19.1. The van der Waals surface area contributed by atoms with Gasteiger partial charge in [-0.25, -0.2) is 14.4 Å². The zero-order chi connectivity index (χ0) is 22.4. The standard InChI is InChI=1S/C23H15FN8O/c1-33-14-7-12(6-13(24)8-14)15-2-3-27-22-20(15)29-23(30-22)21-16-9-17(19-10-25-4-5-26-19)28-11-18(16)31-32-21/h2-11H,1H3,(H,31,32)(H,27,29,30). The zero-order valence-electron chi connectivity index (χ0n) is 17.2. The van der Waals surface area contributed by atoms with E-state index in [9.17, 15) is 4.39 Å². The van der Waals surface area contributed by atoms with Gasteiger partial charge in [0.2, 0.25) is 0 Å². The van der Waals surface area contributed by atoms with Crippen LogP contribution in [0.5, 0.6) is 5.75 Å². The second-order valence-electron chi connectivity index (χ2n) is 7.30. The van der Waals surface area contributed by atoms with Crippen LogP contribution in [-0.4, -0.2) is 47.2 Å². The van der Waals surface area contributed by atoms with Crippen LogP contribution in [0.15, 0.2) is 61.3 Å². The fraction of sp³-hybridized carbons (Fsp3) is 0.0435. The molecular weight excluding hydrogens is 423 g/mol. The molecule has 33 heavy (non-hydrogen) atoms. The molecular formula is C23H15FN8O. The molecule has 0 bridgehead atoms. The van der Waals surface area contributed by atoms with Crippen molar-refractivity contribution in [1.29, 1.82) is 0 Å². The van der Waals surface area contributed by atoms with Crippen LogP contribution in [0.4, 0.5) is 4.39 Å². The van der Waals surface area contributed by atoms with Gasteiger partial charge in [-0.15, -0.1) is 0 Å². The summed E-state index contributed by atoms with van der Waals surface area (Å²) in [5.41, 5.74) is 5.23. The SMILES string of the molecule is COc1cc(F)cc(-c2ccnc3nc(-c4n[nH]c5cnc(-c6cnccn6)cc45)[nH]c23)c1. The van der Waals surface area contributed by atoms with E-state index in [-0.39, 0.29) is 0 Å². The molecule has 0 radical (unpaired) electrons. The summed E-state index contributed by atoms with van der Waals surface area (Å²) in [6, 6.07) is 8.23. The van der Waals surface area contributed by atoms with Gasteiger partial charge in [0, 0.05) is 35.6 Å². The number of hydrogen-bond donors (Lipinski definition) is 2. The van der Waals surface area contributed by atoms with Gasteiger partial charge < -0.3 is 9.72 Å². The highest BCUT2D eigenvalue weighted by molar-refractivity contribution is 5.96. The van der Waals surface area contributed by atoms with Crippen LogP contribution < -0.4 is 4.74 Å². The molecule has 0 saturated heterocycles. The van der Waals surface area contributed by atoms with Crippen molar-refractivity contribution in [2.75, 3.05) is 7.11 Å². The van der Waals surface area contributed by atoms with E-state index < -0.39 is 5.82 Å². The number of nitrogens with zero attached hydrogens (tertiary/aromatic N) is 6. The van der Waals surface area contributed by atoms with Crippen molar-refractivity contribution in [2.24, 2.45) is 0 Å². The Labute approximate surface area is 185 Å². The number of rotatable bonds is 4. The van der Waals surface area contributed by atoms with E-state index in [0.717, 1.165) is 16.5 Å². The molecule has 0 aliphatic carbocycles. The van der Waals surface area contributed by atoms with Crippen LogP contribution in [0.2, 0.25) is 0 Å². The number of hydrogen-bond acceptors (Lipinski definition) is 7. The number of benzene rings is 1. The molecule has 0 amide bonds. The molecule has 160 valence electrons. The Morgan fingerprint density at radius 3 is 2.73 bits per heavy atom. The average molecular weight is 438 g/mol. The van der Waals surface area contributed by atoms with E-state index in [1.54, 1.807) is 43.1 Å². The summed E-state index contributed by atoms with van der Waals surface area (Å²) in [5.74, 6) is 0.560. The van der Waals surface area contributed by atoms with Crippen LogP contribution >= 0.6 is 0 Å². The number of methoxy groups -OCH3 is 1. The van der Waals surface area contributed by atoms with Crippen LogP contribution in [-0.2, 0) is 0 Å². The minimum Gasteiger partial charge on any atom is -0.497 e. The Kier molecular flexibility index (Phi) is 4.29. The first-order valence-corrected chi connectivity index (χ1v) is 10.00. The van der Waals surface area contributed by atoms with E-state index in [1.807, 2.05) is 6.07 Å². The van der Waals surface area contributed by atoms with Crippen LogP contribution in [0.1, 0.15) is 0 Å². The molecule has 0 unspecified atom stereocenters. The number of ether oxygens (including phenoxy) is 1. The molecule has 1 aromatic carbocycles. The highest BCUT2D eigenvalue weighted by Crippen LogP contribution is 2.33. The Morgan fingerprint density at radius 2 is 1.88 bits per heavy atom. The molecule has 0 atom stereocenters. The van der Waals surface area contributed by atoms with Crippen molar-refractivity contribution >= 4 is 22.1 Å². The molecule has 5 aromatic heterocycles. The lowest BCUT2D eigenvalue weighted by molar-refractivity contribution is 0.411. The fourth-order valence-electron chi connectivity index (χ4n) is 3.77. The van der Waals surface area contributed by atoms with Gasteiger partial charge in [-0.05, 0) is 29.8 Å². The average Bonchev–Trinajstić information content (AvgIpc) is 3.47. The van der Waals surface area contributed by atoms with Gasteiger partial charge in [-0.1, -0.05) is 0 Å². The number of aromatic nitrogens is 8. The van der Waals surface area contributed by atoms with Gasteiger partial charge in [0.25, 0.3) is 0 Å². The van der Waals surface area contributed by atoms with Crippen LogP contribution in [0.3, 0.4) is 0 Å². The third-order valence-electron chi connectivity index (χ3n) is 5.31. The van der Waals surface area contributed by atoms with E-state index in [4.69, 9.17) is 4.74 Å². The largest absolute Gasteiger partial charge is 0.497 e. The number of pyridine rings is 2. The van der Waals surface area contributed by atoms with Crippen molar-refractivity contribution in [2.45, 2.75) is 0 Å². The van der Waals surface area contributed by atoms with E-state index in [1.165, 1.54) is 19.2 Å². The van der Waals surface area contributed by atoms with Gasteiger partial charge in [0.1, 0.15) is 23.0 Å². The normalized spacial score (nSPS) is 11.3. The monoisotopic (exact) mass is 438 g/mol. The molecule has 0 aliphatic heterocycles. The zero-order valence-corrected chi connectivity index (χ0v) is 17.2. The smallest absolute Gasteiger partial charge is 0.178 e. The third-order valence-corrected chi connectivity index (χ3v) is 5.31. The topological polar surface area (TPSA) is 118 Å². The second kappa shape index (κ2) is 7.45. The van der Waals surface area contributed by atoms with Crippen molar-refractivity contribution in [3.8, 4) is 39.8 Å². The first-order valence-electron chi connectivity index (χ1n) is 10.00. The van der Waals surface area contributed by atoms with Crippen molar-refractivity contribution < 1.29 is 9.13 Å². The molecule has 0 saturated carbocycles. The number of aromatic amines is 2. The summed E-state index contributed by atoms with van der Waals surface area (Å²) < 4.78 is 19.3. The predicted molar refractivity (Wildman–Crippen MR) is 120 cm³/mol. The number of imidazole rings is 1. The van der Waals surface area contributed by atoms with Crippen molar-refractivity contribution in [3.05, 3.63) is 67.1 Å². The highest BCUT2D eigenvalue weighted by Gasteiger charge is 2.17. The van der Waals surface area contributed by atoms with Gasteiger partial charge in [0.15, 0.2) is 11.5 Å². The summed E-state index contributed by atoms with van der Waals surface area (Å²) in [4.78, 5) is 25.2. The number of halogens is 1. The van der Waals surface area contributed by atoms with Crippen molar-refractivity contribution in [3.63, 3.8) is 0 Å². The molecule has 6 rings (SSSR count). The van der Waals surface area contributed by atoms with Gasteiger partial charge in [-0.2, -0.15) is 5.10 Å². The van der Waals surface area contributed by atoms with Gasteiger partial charge >= 0.3 is 0 Å². The van der Waals surface area contributed by atoms with Gasteiger partial charge in [0.05, 0.1) is 36.2 Å². The first kappa shape index (κ1) is 19.0. The number of nitrogens with one attached hydrogen (secondary N) is 2. The van der Waals surface area contributed by atoms with E-state index in [0.29, 0.717) is 45.4 Å². The summed E-state index contributed by atoms with van der Waals surface area (Å²) in [6.45, 7) is 0. The Hall–Kier alpha value is -4.73. The fourth-order valence-corrected chi connectivity index (χ4v) is 3.77. The van der Waals surface area contributed by atoms with Crippen LogP contribution in [0, 0.1) is 5.82 Å².